The van der Waals surface area contributed by atoms with E-state index in [0.717, 1.165) is 12.8 Å². The lowest BCUT2D eigenvalue weighted by atomic mass is 9.87. The number of pyridine rings is 1. The molecule has 2 rings (SSSR count). The molecule has 0 bridgehead atoms. The van der Waals surface area contributed by atoms with Crippen LogP contribution in [0.4, 0.5) is 0 Å². The second-order valence-electron chi connectivity index (χ2n) is 4.78. The number of nitrogens with one attached hydrogen (secondary N) is 1. The van der Waals surface area contributed by atoms with E-state index in [1.54, 1.807) is 18.3 Å². The monoisotopic (exact) mass is 296 g/mol. The van der Waals surface area contributed by atoms with Crippen molar-refractivity contribution >= 4 is 21.8 Å². The predicted molar refractivity (Wildman–Crippen MR) is 70.8 cm³/mol. The second kappa shape index (κ2) is 5.63. The fraction of sp³-hybridized carbons (Fsp3) is 0.538. The molecule has 1 fully saturated rings. The first-order valence-corrected chi connectivity index (χ1v) is 6.87. The molecule has 4 heteroatoms. The molecule has 17 heavy (non-hydrogen) atoms. The molecule has 0 radical (unpaired) electrons. The van der Waals surface area contributed by atoms with Crippen molar-refractivity contribution in [3.05, 3.63) is 28.5 Å². The summed E-state index contributed by atoms with van der Waals surface area (Å²) in [6, 6.07) is 3.89. The van der Waals surface area contributed by atoms with Gasteiger partial charge in [0.05, 0.1) is 5.56 Å². The number of carbonyl (C=O) groups excluding carboxylic acids is 1. The van der Waals surface area contributed by atoms with Crippen LogP contribution in [-0.2, 0) is 0 Å². The quantitative estimate of drug-likeness (QED) is 0.852. The molecule has 1 heterocycles. The van der Waals surface area contributed by atoms with Crippen molar-refractivity contribution in [1.29, 1.82) is 0 Å². The van der Waals surface area contributed by atoms with Crippen molar-refractivity contribution in [2.75, 3.05) is 0 Å². The first kappa shape index (κ1) is 12.6. The minimum atomic E-state index is -0.0240. The fourth-order valence-corrected chi connectivity index (χ4v) is 2.81. The van der Waals surface area contributed by atoms with E-state index < -0.39 is 0 Å². The molecule has 0 saturated heterocycles. The number of aromatic nitrogens is 1. The summed E-state index contributed by atoms with van der Waals surface area (Å²) in [7, 11) is 0. The second-order valence-corrected chi connectivity index (χ2v) is 5.54. The molecular weight excluding hydrogens is 280 g/mol. The Bertz CT molecular complexity index is 408. The summed E-state index contributed by atoms with van der Waals surface area (Å²) in [5.74, 6) is 0.690. The molecule has 1 amide bonds. The van der Waals surface area contributed by atoms with Gasteiger partial charge in [-0.3, -0.25) is 4.79 Å². The molecule has 92 valence electrons. The van der Waals surface area contributed by atoms with Crippen LogP contribution >= 0.6 is 15.9 Å². The molecule has 1 aliphatic rings. The van der Waals surface area contributed by atoms with Gasteiger partial charge in [-0.25, -0.2) is 4.98 Å². The summed E-state index contributed by atoms with van der Waals surface area (Å²) in [5, 5.41) is 3.10. The zero-order chi connectivity index (χ0) is 12.3. The normalized spacial score (nSPS) is 24.4. The molecule has 3 nitrogen and oxygen atoms in total. The van der Waals surface area contributed by atoms with Crippen molar-refractivity contribution in [3.8, 4) is 0 Å². The van der Waals surface area contributed by atoms with Gasteiger partial charge in [-0.05, 0) is 46.8 Å². The van der Waals surface area contributed by atoms with E-state index in [9.17, 15) is 4.79 Å². The van der Waals surface area contributed by atoms with Crippen LogP contribution in [0.2, 0.25) is 0 Å². The van der Waals surface area contributed by atoms with E-state index in [-0.39, 0.29) is 5.91 Å². The van der Waals surface area contributed by atoms with Crippen LogP contribution in [0.15, 0.2) is 22.9 Å². The summed E-state index contributed by atoms with van der Waals surface area (Å²) in [6.45, 7) is 2.25. The molecule has 1 N–H and O–H groups in total. The Morgan fingerprint density at radius 1 is 1.53 bits per heavy atom. The lowest BCUT2D eigenvalue weighted by molar-refractivity contribution is 0.0920. The van der Waals surface area contributed by atoms with Gasteiger partial charge in [0.25, 0.3) is 5.91 Å². The van der Waals surface area contributed by atoms with Crippen LogP contribution in [0.5, 0.6) is 0 Å². The van der Waals surface area contributed by atoms with Crippen molar-refractivity contribution in [2.45, 2.75) is 38.6 Å². The topological polar surface area (TPSA) is 42.0 Å². The van der Waals surface area contributed by atoms with Crippen LogP contribution in [0.3, 0.4) is 0 Å². The van der Waals surface area contributed by atoms with E-state index in [0.29, 0.717) is 22.1 Å². The highest BCUT2D eigenvalue weighted by Gasteiger charge is 2.21. The van der Waals surface area contributed by atoms with Crippen LogP contribution in [-0.4, -0.2) is 16.9 Å². The molecule has 2 unspecified atom stereocenters. The lowest BCUT2D eigenvalue weighted by Gasteiger charge is -2.27. The average Bonchev–Trinajstić information content (AvgIpc) is 2.29. The number of rotatable bonds is 2. The van der Waals surface area contributed by atoms with Gasteiger partial charge in [-0.15, -0.1) is 0 Å². The molecular formula is C13H17BrN2O. The maximum absolute atomic E-state index is 12.1. The first-order chi connectivity index (χ1) is 8.16. The number of halogens is 1. The van der Waals surface area contributed by atoms with Crippen LogP contribution in [0, 0.1) is 5.92 Å². The van der Waals surface area contributed by atoms with Crippen LogP contribution < -0.4 is 5.32 Å². The van der Waals surface area contributed by atoms with E-state index in [2.05, 4.69) is 33.2 Å². The Labute approximate surface area is 110 Å². The highest BCUT2D eigenvalue weighted by atomic mass is 79.9. The fourth-order valence-electron chi connectivity index (χ4n) is 2.38. The van der Waals surface area contributed by atoms with Gasteiger partial charge in [-0.2, -0.15) is 0 Å². The van der Waals surface area contributed by atoms with Gasteiger partial charge in [-0.1, -0.05) is 19.8 Å². The van der Waals surface area contributed by atoms with Gasteiger partial charge in [0.1, 0.15) is 4.60 Å². The minimum absolute atomic E-state index is 0.0240. The van der Waals surface area contributed by atoms with Gasteiger partial charge in [0.15, 0.2) is 0 Å². The molecule has 2 atom stereocenters. The summed E-state index contributed by atoms with van der Waals surface area (Å²) in [6.07, 6.45) is 6.34. The van der Waals surface area contributed by atoms with E-state index in [1.807, 2.05) is 0 Å². The molecule has 0 aliphatic heterocycles. The Balaban J connectivity index is 1.99. The molecule has 0 spiro atoms. The Hall–Kier alpha value is -0.900. The smallest absolute Gasteiger partial charge is 0.254 e. The van der Waals surface area contributed by atoms with Crippen molar-refractivity contribution in [3.63, 3.8) is 0 Å². The third-order valence-electron chi connectivity index (χ3n) is 3.28. The highest BCUT2D eigenvalue weighted by Crippen LogP contribution is 2.24. The number of hydrogen-bond acceptors (Lipinski definition) is 2. The van der Waals surface area contributed by atoms with Gasteiger partial charge >= 0.3 is 0 Å². The van der Waals surface area contributed by atoms with Crippen molar-refractivity contribution in [1.82, 2.24) is 10.3 Å². The standard InChI is InChI=1S/C13H17BrN2O/c1-9-4-2-5-10(8-9)16-13(17)11-6-3-7-15-12(11)14/h3,6-7,9-10H,2,4-5,8H2,1H3,(H,16,17). The Morgan fingerprint density at radius 3 is 3.06 bits per heavy atom. The van der Waals surface area contributed by atoms with E-state index in [1.165, 1.54) is 12.8 Å². The molecule has 1 aliphatic carbocycles. The number of carbonyl (C=O) groups is 1. The number of amides is 1. The number of nitrogens with zero attached hydrogens (tertiary/aromatic N) is 1. The number of hydrogen-bond donors (Lipinski definition) is 1. The van der Waals surface area contributed by atoms with Gasteiger partial charge < -0.3 is 5.32 Å². The first-order valence-electron chi connectivity index (χ1n) is 6.08. The molecule has 1 saturated carbocycles. The highest BCUT2D eigenvalue weighted by molar-refractivity contribution is 9.10. The summed E-state index contributed by atoms with van der Waals surface area (Å²) in [4.78, 5) is 16.1. The molecule has 1 aromatic heterocycles. The van der Waals surface area contributed by atoms with E-state index >= 15 is 0 Å². The summed E-state index contributed by atoms with van der Waals surface area (Å²) < 4.78 is 0.612. The maximum Gasteiger partial charge on any atom is 0.254 e. The van der Waals surface area contributed by atoms with Gasteiger partial charge in [0, 0.05) is 12.2 Å². The Morgan fingerprint density at radius 2 is 2.35 bits per heavy atom. The largest absolute Gasteiger partial charge is 0.349 e. The van der Waals surface area contributed by atoms with E-state index in [4.69, 9.17) is 0 Å². The Kier molecular flexibility index (Phi) is 4.15. The summed E-state index contributed by atoms with van der Waals surface area (Å²) >= 11 is 3.30. The van der Waals surface area contributed by atoms with Crippen molar-refractivity contribution in [2.24, 2.45) is 5.92 Å². The third-order valence-corrected chi connectivity index (χ3v) is 3.91. The lowest BCUT2D eigenvalue weighted by Crippen LogP contribution is -2.38. The predicted octanol–water partition coefficient (Wildman–Crippen LogP) is 3.15. The average molecular weight is 297 g/mol. The molecule has 1 aromatic rings. The van der Waals surface area contributed by atoms with Crippen LogP contribution in [0.1, 0.15) is 43.0 Å². The minimum Gasteiger partial charge on any atom is -0.349 e. The molecule has 0 aromatic carbocycles. The zero-order valence-electron chi connectivity index (χ0n) is 9.95. The van der Waals surface area contributed by atoms with Crippen LogP contribution in [0.25, 0.3) is 0 Å². The summed E-state index contributed by atoms with van der Waals surface area (Å²) in [5.41, 5.74) is 0.616. The SMILES string of the molecule is CC1CCCC(NC(=O)c2cccnc2Br)C1. The van der Waals surface area contributed by atoms with Gasteiger partial charge in [0.2, 0.25) is 0 Å². The van der Waals surface area contributed by atoms with Crippen molar-refractivity contribution < 1.29 is 4.79 Å². The third kappa shape index (κ3) is 3.28. The zero-order valence-corrected chi connectivity index (χ0v) is 11.5. The maximum atomic E-state index is 12.1.